The quantitative estimate of drug-likeness (QED) is 0.684. The zero-order chi connectivity index (χ0) is 16.8. The summed E-state index contributed by atoms with van der Waals surface area (Å²) in [5.41, 5.74) is -1.29. The number of hydrogen-bond donors (Lipinski definition) is 0. The molecule has 2 bridgehead atoms. The van der Waals surface area contributed by atoms with Crippen LogP contribution in [-0.2, 0) is 24.1 Å². The second-order valence-corrected chi connectivity index (χ2v) is 8.18. The Balaban J connectivity index is 2.05. The summed E-state index contributed by atoms with van der Waals surface area (Å²) in [5.74, 6) is 0. The van der Waals surface area contributed by atoms with Crippen LogP contribution in [0.5, 0.6) is 0 Å². The highest BCUT2D eigenvalue weighted by Gasteiger charge is 2.38. The molecule has 2 atom stereocenters. The van der Waals surface area contributed by atoms with Crippen molar-refractivity contribution >= 4 is 10.0 Å². The number of rotatable bonds is 2. The van der Waals surface area contributed by atoms with E-state index < -0.39 is 21.3 Å². The van der Waals surface area contributed by atoms with E-state index in [0.29, 0.717) is 19.6 Å². The molecule has 0 aromatic carbocycles. The third-order valence-corrected chi connectivity index (χ3v) is 6.71. The van der Waals surface area contributed by atoms with Gasteiger partial charge in [-0.3, -0.25) is 9.36 Å². The second-order valence-electron chi connectivity index (χ2n) is 6.32. The van der Waals surface area contributed by atoms with Crippen molar-refractivity contribution in [3.63, 3.8) is 0 Å². The molecule has 2 saturated heterocycles. The molecule has 0 saturated carbocycles. The molecule has 0 N–H and O–H groups in total. The van der Waals surface area contributed by atoms with E-state index in [-0.39, 0.29) is 10.9 Å². The molecule has 2 aliphatic rings. The van der Waals surface area contributed by atoms with E-state index in [1.54, 1.807) is 0 Å². The summed E-state index contributed by atoms with van der Waals surface area (Å²) in [6.45, 7) is 2.79. The summed E-state index contributed by atoms with van der Waals surface area (Å²) < 4.78 is 29.5. The summed E-state index contributed by atoms with van der Waals surface area (Å²) in [6, 6.07) is -0.0989. The van der Waals surface area contributed by atoms with Crippen molar-refractivity contribution in [1.82, 2.24) is 18.3 Å². The molecule has 2 unspecified atom stereocenters. The predicted octanol–water partition coefficient (Wildman–Crippen LogP) is -1.06. The highest BCUT2D eigenvalue weighted by atomic mass is 32.2. The van der Waals surface area contributed by atoms with Crippen LogP contribution in [0.15, 0.2) is 20.7 Å². The topological polar surface area (TPSA) is 84.6 Å². The Morgan fingerprint density at radius 1 is 1.09 bits per heavy atom. The lowest BCUT2D eigenvalue weighted by atomic mass is 10.1. The van der Waals surface area contributed by atoms with Crippen LogP contribution in [0.25, 0.3) is 0 Å². The maximum atomic E-state index is 13.0. The molecule has 0 amide bonds. The molecule has 128 valence electrons. The molecule has 3 heterocycles. The lowest BCUT2D eigenvalue weighted by molar-refractivity contribution is 0.148. The number of piperazine rings is 1. The first-order chi connectivity index (χ1) is 10.8. The van der Waals surface area contributed by atoms with Crippen LogP contribution in [0.4, 0.5) is 0 Å². The Bertz CT molecular complexity index is 826. The molecule has 0 radical (unpaired) electrons. The number of fused-ring (bicyclic) bond motifs is 2. The van der Waals surface area contributed by atoms with Gasteiger partial charge in [-0.05, 0) is 19.4 Å². The van der Waals surface area contributed by atoms with Crippen LogP contribution in [-0.4, -0.2) is 59.0 Å². The molecule has 1 aromatic heterocycles. The standard InChI is InChI=1S/C14H22N4O4S/c1-15-10-12(13(19)16(2)14(15)20)23(21,22)18-8-7-17-6-4-3-5-11(18)9-17/h10-11H,3-9H2,1-2H3. The smallest absolute Gasteiger partial charge is 0.302 e. The predicted molar refractivity (Wildman–Crippen MR) is 84.9 cm³/mol. The maximum Gasteiger partial charge on any atom is 0.330 e. The molecule has 0 spiro atoms. The van der Waals surface area contributed by atoms with Crippen molar-refractivity contribution in [2.24, 2.45) is 14.1 Å². The van der Waals surface area contributed by atoms with Crippen LogP contribution in [0.3, 0.4) is 0 Å². The zero-order valence-corrected chi connectivity index (χ0v) is 14.3. The first-order valence-electron chi connectivity index (χ1n) is 7.83. The number of aryl methyl sites for hydroxylation is 1. The summed E-state index contributed by atoms with van der Waals surface area (Å²) in [7, 11) is -1.16. The van der Waals surface area contributed by atoms with Crippen LogP contribution < -0.4 is 11.2 Å². The van der Waals surface area contributed by atoms with Gasteiger partial charge in [0.25, 0.3) is 5.56 Å². The summed E-state index contributed by atoms with van der Waals surface area (Å²) in [6.07, 6.45) is 4.01. The lowest BCUT2D eigenvalue weighted by Gasteiger charge is -2.38. The Morgan fingerprint density at radius 2 is 1.83 bits per heavy atom. The third-order valence-electron chi connectivity index (χ3n) is 4.78. The van der Waals surface area contributed by atoms with Crippen molar-refractivity contribution in [2.75, 3.05) is 26.2 Å². The van der Waals surface area contributed by atoms with E-state index in [4.69, 9.17) is 0 Å². The first-order valence-corrected chi connectivity index (χ1v) is 9.27. The van der Waals surface area contributed by atoms with Crippen molar-refractivity contribution in [3.8, 4) is 0 Å². The highest BCUT2D eigenvalue weighted by Crippen LogP contribution is 2.25. The second kappa shape index (κ2) is 5.88. The van der Waals surface area contributed by atoms with E-state index in [1.807, 2.05) is 0 Å². The molecule has 8 nitrogen and oxygen atoms in total. The van der Waals surface area contributed by atoms with E-state index in [9.17, 15) is 18.0 Å². The third kappa shape index (κ3) is 2.77. The Labute approximate surface area is 135 Å². The van der Waals surface area contributed by atoms with Crippen LogP contribution >= 0.6 is 0 Å². The van der Waals surface area contributed by atoms with Gasteiger partial charge in [-0.2, -0.15) is 4.31 Å². The summed E-state index contributed by atoms with van der Waals surface area (Å²) >= 11 is 0. The van der Waals surface area contributed by atoms with Gasteiger partial charge < -0.3 is 9.47 Å². The SMILES string of the molecule is Cn1cc(S(=O)(=O)N2CCN3CCCCC2C3)c(=O)n(C)c1=O. The number of nitrogens with zero attached hydrogens (tertiary/aromatic N) is 4. The molecular weight excluding hydrogens is 320 g/mol. The van der Waals surface area contributed by atoms with Crippen molar-refractivity contribution in [3.05, 3.63) is 27.0 Å². The molecule has 3 rings (SSSR count). The molecule has 2 aliphatic heterocycles. The largest absolute Gasteiger partial charge is 0.330 e. The monoisotopic (exact) mass is 342 g/mol. The minimum atomic E-state index is -3.91. The first kappa shape index (κ1) is 16.4. The van der Waals surface area contributed by atoms with E-state index >= 15 is 0 Å². The minimum absolute atomic E-state index is 0.0989. The molecule has 1 aromatic rings. The molecule has 2 fully saturated rings. The van der Waals surface area contributed by atoms with Gasteiger partial charge in [-0.25, -0.2) is 13.2 Å². The van der Waals surface area contributed by atoms with Crippen molar-refractivity contribution in [1.29, 1.82) is 0 Å². The van der Waals surface area contributed by atoms with E-state index in [0.717, 1.165) is 41.1 Å². The molecular formula is C14H22N4O4S. The number of aromatic nitrogens is 2. The van der Waals surface area contributed by atoms with Crippen LogP contribution in [0, 0.1) is 0 Å². The van der Waals surface area contributed by atoms with Gasteiger partial charge in [0.15, 0.2) is 4.90 Å². The lowest BCUT2D eigenvalue weighted by Crippen LogP contribution is -2.55. The van der Waals surface area contributed by atoms with E-state index in [1.165, 1.54) is 18.4 Å². The summed E-state index contributed by atoms with van der Waals surface area (Å²) in [4.78, 5) is 26.0. The van der Waals surface area contributed by atoms with Gasteiger partial charge in [0.1, 0.15) is 0 Å². The maximum absolute atomic E-state index is 13.0. The van der Waals surface area contributed by atoms with Crippen LogP contribution in [0.2, 0.25) is 0 Å². The molecule has 0 aliphatic carbocycles. The van der Waals surface area contributed by atoms with E-state index in [2.05, 4.69) is 4.90 Å². The molecule has 9 heteroatoms. The average molecular weight is 342 g/mol. The average Bonchev–Trinajstić information content (AvgIpc) is 2.70. The minimum Gasteiger partial charge on any atom is -0.302 e. The van der Waals surface area contributed by atoms with Crippen molar-refractivity contribution in [2.45, 2.75) is 30.2 Å². The van der Waals surface area contributed by atoms with Gasteiger partial charge in [0.2, 0.25) is 10.0 Å². The Hall–Kier alpha value is -1.45. The number of sulfonamides is 1. The van der Waals surface area contributed by atoms with Gasteiger partial charge >= 0.3 is 5.69 Å². The van der Waals surface area contributed by atoms with Gasteiger partial charge in [0, 0.05) is 46.0 Å². The molecule has 23 heavy (non-hydrogen) atoms. The van der Waals surface area contributed by atoms with Gasteiger partial charge in [-0.15, -0.1) is 0 Å². The Morgan fingerprint density at radius 3 is 2.57 bits per heavy atom. The number of hydrogen-bond acceptors (Lipinski definition) is 5. The van der Waals surface area contributed by atoms with Crippen molar-refractivity contribution < 1.29 is 8.42 Å². The van der Waals surface area contributed by atoms with Gasteiger partial charge in [0.05, 0.1) is 0 Å². The highest BCUT2D eigenvalue weighted by molar-refractivity contribution is 7.89. The normalized spacial score (nSPS) is 26.0. The fourth-order valence-corrected chi connectivity index (χ4v) is 5.24. The fourth-order valence-electron chi connectivity index (χ4n) is 3.45. The van der Waals surface area contributed by atoms with Crippen LogP contribution in [0.1, 0.15) is 19.3 Å². The fraction of sp³-hybridized carbons (Fsp3) is 0.714. The Kier molecular flexibility index (Phi) is 4.19. The summed E-state index contributed by atoms with van der Waals surface area (Å²) in [5, 5.41) is 0. The van der Waals surface area contributed by atoms with Gasteiger partial charge in [-0.1, -0.05) is 6.42 Å². The zero-order valence-electron chi connectivity index (χ0n) is 13.4.